The molecule has 1 aliphatic rings. The predicted molar refractivity (Wildman–Crippen MR) is 64.9 cm³/mol. The van der Waals surface area contributed by atoms with Crippen molar-refractivity contribution < 1.29 is 8.78 Å². The van der Waals surface area contributed by atoms with Crippen LogP contribution in [0.25, 0.3) is 0 Å². The Morgan fingerprint density at radius 2 is 2.24 bits per heavy atom. The summed E-state index contributed by atoms with van der Waals surface area (Å²) in [6.07, 6.45) is 0.211. The van der Waals surface area contributed by atoms with Crippen molar-refractivity contribution in [2.75, 3.05) is 24.2 Å². The third-order valence-electron chi connectivity index (χ3n) is 2.91. The molecule has 94 valence electrons. The van der Waals surface area contributed by atoms with Crippen LogP contribution in [0.15, 0.2) is 11.2 Å². The van der Waals surface area contributed by atoms with Gasteiger partial charge in [0.05, 0.1) is 0 Å². The molecule has 0 aromatic carbocycles. The van der Waals surface area contributed by atoms with E-state index in [0.717, 1.165) is 11.5 Å². The van der Waals surface area contributed by atoms with Crippen LogP contribution in [0.1, 0.15) is 12.1 Å². The number of anilines is 1. The summed E-state index contributed by atoms with van der Waals surface area (Å²) in [4.78, 5) is 10.5. The fourth-order valence-electron chi connectivity index (χ4n) is 1.98. The Kier molecular flexibility index (Phi) is 3.81. The van der Waals surface area contributed by atoms with Crippen LogP contribution >= 0.6 is 11.8 Å². The van der Waals surface area contributed by atoms with Crippen molar-refractivity contribution in [3.8, 4) is 0 Å². The van der Waals surface area contributed by atoms with Crippen LogP contribution in [0.3, 0.4) is 0 Å². The van der Waals surface area contributed by atoms with Crippen LogP contribution in [0.4, 0.5) is 14.6 Å². The average molecular weight is 259 g/mol. The second-order valence-corrected chi connectivity index (χ2v) is 4.96. The first kappa shape index (κ1) is 12.5. The lowest BCUT2D eigenvalue weighted by atomic mass is 10.1. The van der Waals surface area contributed by atoms with Gasteiger partial charge in [-0.05, 0) is 19.6 Å². The van der Waals surface area contributed by atoms with Gasteiger partial charge >= 0.3 is 0 Å². The van der Waals surface area contributed by atoms with E-state index in [-0.39, 0.29) is 0 Å². The molecule has 2 rings (SSSR count). The highest BCUT2D eigenvalue weighted by molar-refractivity contribution is 7.98. The lowest BCUT2D eigenvalue weighted by Gasteiger charge is -2.18. The van der Waals surface area contributed by atoms with Gasteiger partial charge in [-0.3, -0.25) is 0 Å². The van der Waals surface area contributed by atoms with E-state index in [1.807, 2.05) is 24.1 Å². The highest BCUT2D eigenvalue weighted by Gasteiger charge is 2.30. The maximum Gasteiger partial charge on any atom is 0.243 e. The van der Waals surface area contributed by atoms with Crippen LogP contribution in [0.2, 0.25) is 0 Å². The molecule has 1 aliphatic heterocycles. The molecule has 0 spiro atoms. The molecule has 0 radical (unpaired) electrons. The molecule has 3 nitrogen and oxygen atoms in total. The first-order chi connectivity index (χ1) is 8.10. The molecule has 0 saturated carbocycles. The molecule has 0 N–H and O–H groups in total. The fraction of sp³-hybridized carbons (Fsp3) is 0.636. The lowest BCUT2D eigenvalue weighted by molar-refractivity contribution is 0.0880. The summed E-state index contributed by atoms with van der Waals surface area (Å²) >= 11 is 1.47. The topological polar surface area (TPSA) is 29.0 Å². The van der Waals surface area contributed by atoms with Gasteiger partial charge in [0.2, 0.25) is 6.43 Å². The van der Waals surface area contributed by atoms with E-state index in [2.05, 4.69) is 9.97 Å². The van der Waals surface area contributed by atoms with Crippen molar-refractivity contribution in [1.29, 1.82) is 0 Å². The molecule has 0 aliphatic carbocycles. The molecule has 17 heavy (non-hydrogen) atoms. The zero-order valence-electron chi connectivity index (χ0n) is 9.86. The molecule has 1 saturated heterocycles. The fourth-order valence-corrected chi connectivity index (χ4v) is 2.40. The predicted octanol–water partition coefficient (Wildman–Crippen LogP) is 2.60. The Morgan fingerprint density at radius 3 is 2.82 bits per heavy atom. The second-order valence-electron chi connectivity index (χ2n) is 4.18. The number of aryl methyl sites for hydroxylation is 1. The van der Waals surface area contributed by atoms with Crippen molar-refractivity contribution in [2.45, 2.75) is 24.9 Å². The molecular formula is C11H15F2N3S. The van der Waals surface area contributed by atoms with Crippen molar-refractivity contribution in [2.24, 2.45) is 5.92 Å². The van der Waals surface area contributed by atoms with E-state index in [9.17, 15) is 8.78 Å². The van der Waals surface area contributed by atoms with E-state index < -0.39 is 12.3 Å². The molecular weight excluding hydrogens is 244 g/mol. The number of aromatic nitrogens is 2. The number of nitrogens with zero attached hydrogens (tertiary/aromatic N) is 3. The van der Waals surface area contributed by atoms with Gasteiger partial charge in [-0.15, -0.1) is 0 Å². The standard InChI is InChI=1S/C11H15F2N3S/c1-7-5-9(15-11(14-7)17-2)16-4-3-8(6-16)10(12)13/h5,8,10H,3-4,6H2,1-2H3. The molecule has 1 aromatic rings. The summed E-state index contributed by atoms with van der Waals surface area (Å²) in [5.41, 5.74) is 0.875. The van der Waals surface area contributed by atoms with Crippen LogP contribution in [-0.2, 0) is 0 Å². The minimum atomic E-state index is -2.23. The monoisotopic (exact) mass is 259 g/mol. The smallest absolute Gasteiger partial charge is 0.243 e. The SMILES string of the molecule is CSc1nc(C)cc(N2CCC(C(F)F)C2)n1. The normalized spacial score (nSPS) is 20.3. The maximum atomic E-state index is 12.6. The largest absolute Gasteiger partial charge is 0.356 e. The molecule has 1 unspecified atom stereocenters. The van der Waals surface area contributed by atoms with Gasteiger partial charge in [0.15, 0.2) is 5.16 Å². The summed E-state index contributed by atoms with van der Waals surface area (Å²) in [6.45, 7) is 2.94. The van der Waals surface area contributed by atoms with E-state index in [1.54, 1.807) is 0 Å². The third-order valence-corrected chi connectivity index (χ3v) is 3.46. The molecule has 2 heterocycles. The summed E-state index contributed by atoms with van der Waals surface area (Å²) in [5, 5.41) is 0.695. The number of thioether (sulfide) groups is 1. The Morgan fingerprint density at radius 1 is 1.47 bits per heavy atom. The molecule has 6 heteroatoms. The number of rotatable bonds is 3. The summed E-state index contributed by atoms with van der Waals surface area (Å²) in [6, 6.07) is 1.85. The number of hydrogen-bond donors (Lipinski definition) is 0. The first-order valence-electron chi connectivity index (χ1n) is 5.53. The lowest BCUT2D eigenvalue weighted by Crippen LogP contribution is -2.23. The van der Waals surface area contributed by atoms with Crippen LogP contribution in [0, 0.1) is 12.8 Å². The van der Waals surface area contributed by atoms with Crippen LogP contribution < -0.4 is 4.90 Å². The Bertz CT molecular complexity index is 400. The summed E-state index contributed by atoms with van der Waals surface area (Å²) in [5.74, 6) is 0.244. The minimum Gasteiger partial charge on any atom is -0.356 e. The Labute approximate surface area is 104 Å². The van der Waals surface area contributed by atoms with Crippen molar-refractivity contribution in [3.05, 3.63) is 11.8 Å². The summed E-state index contributed by atoms with van der Waals surface area (Å²) < 4.78 is 25.2. The number of alkyl halides is 2. The molecule has 0 amide bonds. The average Bonchev–Trinajstić information content (AvgIpc) is 2.77. The van der Waals surface area contributed by atoms with Gasteiger partial charge < -0.3 is 4.90 Å². The van der Waals surface area contributed by atoms with Gasteiger partial charge in [-0.1, -0.05) is 11.8 Å². The second kappa shape index (κ2) is 5.16. The molecule has 1 atom stereocenters. The van der Waals surface area contributed by atoms with Gasteiger partial charge in [-0.25, -0.2) is 18.7 Å². The summed E-state index contributed by atoms with van der Waals surface area (Å²) in [7, 11) is 0. The molecule has 1 aromatic heterocycles. The Hall–Kier alpha value is -0.910. The number of hydrogen-bond acceptors (Lipinski definition) is 4. The van der Waals surface area contributed by atoms with Gasteiger partial charge in [0, 0.05) is 30.8 Å². The quantitative estimate of drug-likeness (QED) is 0.616. The van der Waals surface area contributed by atoms with E-state index in [0.29, 0.717) is 24.7 Å². The molecule has 1 fully saturated rings. The van der Waals surface area contributed by atoms with Crippen molar-refractivity contribution in [3.63, 3.8) is 0 Å². The Balaban J connectivity index is 2.15. The molecule has 0 bridgehead atoms. The third kappa shape index (κ3) is 2.86. The van der Waals surface area contributed by atoms with Crippen molar-refractivity contribution in [1.82, 2.24) is 9.97 Å². The van der Waals surface area contributed by atoms with E-state index in [1.165, 1.54) is 11.8 Å². The van der Waals surface area contributed by atoms with E-state index in [4.69, 9.17) is 0 Å². The van der Waals surface area contributed by atoms with Crippen LogP contribution in [-0.4, -0.2) is 35.7 Å². The van der Waals surface area contributed by atoms with Gasteiger partial charge in [-0.2, -0.15) is 0 Å². The zero-order chi connectivity index (χ0) is 12.4. The van der Waals surface area contributed by atoms with Crippen molar-refractivity contribution >= 4 is 17.6 Å². The zero-order valence-corrected chi connectivity index (χ0v) is 10.7. The van der Waals surface area contributed by atoms with Crippen LogP contribution in [0.5, 0.6) is 0 Å². The highest BCUT2D eigenvalue weighted by atomic mass is 32.2. The van der Waals surface area contributed by atoms with E-state index >= 15 is 0 Å². The van der Waals surface area contributed by atoms with Gasteiger partial charge in [0.1, 0.15) is 5.82 Å². The van der Waals surface area contributed by atoms with Gasteiger partial charge in [0.25, 0.3) is 0 Å². The first-order valence-corrected chi connectivity index (χ1v) is 6.75. The number of halogens is 2. The maximum absolute atomic E-state index is 12.6. The highest BCUT2D eigenvalue weighted by Crippen LogP contribution is 2.27. The minimum absolute atomic E-state index is 0.391.